The van der Waals surface area contributed by atoms with Crippen molar-refractivity contribution in [3.8, 4) is 0 Å². The van der Waals surface area contributed by atoms with Gasteiger partial charge in [-0.25, -0.2) is 0 Å². The van der Waals surface area contributed by atoms with Crippen molar-refractivity contribution in [2.75, 3.05) is 11.9 Å². The van der Waals surface area contributed by atoms with E-state index < -0.39 is 5.41 Å². The quantitative estimate of drug-likeness (QED) is 0.614. The molecule has 0 spiro atoms. The maximum Gasteiger partial charge on any atom is 0.255 e. The van der Waals surface area contributed by atoms with Crippen molar-refractivity contribution in [1.29, 1.82) is 0 Å². The minimum Gasteiger partial charge on any atom is -0.349 e. The van der Waals surface area contributed by atoms with Gasteiger partial charge in [-0.2, -0.15) is 0 Å². The van der Waals surface area contributed by atoms with E-state index in [4.69, 9.17) is 5.73 Å². The molecule has 6 heteroatoms. The van der Waals surface area contributed by atoms with E-state index in [0.717, 1.165) is 5.56 Å². The van der Waals surface area contributed by atoms with E-state index in [2.05, 4.69) is 10.6 Å². The molecule has 0 aliphatic heterocycles. The highest BCUT2D eigenvalue weighted by atomic mass is 35.5. The molecule has 4 N–H and O–H groups in total. The van der Waals surface area contributed by atoms with E-state index >= 15 is 0 Å². The van der Waals surface area contributed by atoms with Crippen molar-refractivity contribution >= 4 is 29.9 Å². The highest BCUT2D eigenvalue weighted by Gasteiger charge is 2.34. The second-order valence-corrected chi connectivity index (χ2v) is 6.83. The Labute approximate surface area is 173 Å². The second kappa shape index (κ2) is 10.8. The maximum atomic E-state index is 12.7. The molecule has 0 bridgehead atoms. The van der Waals surface area contributed by atoms with E-state index in [1.807, 2.05) is 63.2 Å². The first-order valence-corrected chi connectivity index (χ1v) is 9.43. The van der Waals surface area contributed by atoms with E-state index in [9.17, 15) is 9.59 Å². The summed E-state index contributed by atoms with van der Waals surface area (Å²) in [7, 11) is 0. The second-order valence-electron chi connectivity index (χ2n) is 6.83. The van der Waals surface area contributed by atoms with Crippen molar-refractivity contribution < 1.29 is 9.59 Å². The van der Waals surface area contributed by atoms with Gasteiger partial charge in [0, 0.05) is 17.8 Å². The van der Waals surface area contributed by atoms with E-state index in [0.29, 0.717) is 30.6 Å². The lowest BCUT2D eigenvalue weighted by Gasteiger charge is -2.30. The molecular weight excluding hydrogens is 374 g/mol. The average Bonchev–Trinajstić information content (AvgIpc) is 2.70. The van der Waals surface area contributed by atoms with Gasteiger partial charge in [-0.3, -0.25) is 9.59 Å². The molecule has 2 amide bonds. The Morgan fingerprint density at radius 1 is 1.04 bits per heavy atom. The predicted molar refractivity (Wildman–Crippen MR) is 117 cm³/mol. The zero-order valence-electron chi connectivity index (χ0n) is 16.7. The number of benzene rings is 2. The Kier molecular flexibility index (Phi) is 9.16. The highest BCUT2D eigenvalue weighted by Crippen LogP contribution is 2.27. The molecule has 1 atom stereocenters. The lowest BCUT2D eigenvalue weighted by Crippen LogP contribution is -2.46. The average molecular weight is 404 g/mol. The SMILES string of the molecule is CCC(CC)(CN)C(=O)NC(C)c1cccc(NC(=O)c2ccccc2)c1.Cl. The number of hydrogen-bond acceptors (Lipinski definition) is 3. The summed E-state index contributed by atoms with van der Waals surface area (Å²) in [6, 6.07) is 16.4. The molecule has 2 rings (SSSR count). The van der Waals surface area contributed by atoms with Crippen LogP contribution in [0.1, 0.15) is 55.6 Å². The van der Waals surface area contributed by atoms with Gasteiger partial charge in [0.25, 0.3) is 5.91 Å². The number of anilines is 1. The van der Waals surface area contributed by atoms with Gasteiger partial charge in [0.1, 0.15) is 0 Å². The number of carbonyl (C=O) groups is 2. The summed E-state index contributed by atoms with van der Waals surface area (Å²) in [5, 5.41) is 5.97. The fourth-order valence-corrected chi connectivity index (χ4v) is 3.06. The van der Waals surface area contributed by atoms with Crippen LogP contribution < -0.4 is 16.4 Å². The van der Waals surface area contributed by atoms with Gasteiger partial charge in [-0.05, 0) is 49.6 Å². The van der Waals surface area contributed by atoms with Crippen LogP contribution in [0, 0.1) is 5.41 Å². The highest BCUT2D eigenvalue weighted by molar-refractivity contribution is 6.04. The number of halogens is 1. The van der Waals surface area contributed by atoms with E-state index in [1.165, 1.54) is 0 Å². The molecule has 1 unspecified atom stereocenters. The van der Waals surface area contributed by atoms with E-state index in [1.54, 1.807) is 12.1 Å². The molecule has 0 saturated heterocycles. The van der Waals surface area contributed by atoms with E-state index in [-0.39, 0.29) is 30.3 Å². The first-order valence-electron chi connectivity index (χ1n) is 9.43. The summed E-state index contributed by atoms with van der Waals surface area (Å²) in [4.78, 5) is 25.1. The molecule has 5 nitrogen and oxygen atoms in total. The zero-order chi connectivity index (χ0) is 19.9. The van der Waals surface area contributed by atoms with Crippen LogP contribution in [0.5, 0.6) is 0 Å². The third-order valence-electron chi connectivity index (χ3n) is 5.25. The molecule has 28 heavy (non-hydrogen) atoms. The summed E-state index contributed by atoms with van der Waals surface area (Å²) in [6.45, 7) is 6.23. The van der Waals surface area contributed by atoms with Crippen molar-refractivity contribution in [3.05, 3.63) is 65.7 Å². The standard InChI is InChI=1S/C22H29N3O2.ClH/c1-4-22(5-2,15-23)21(27)24-16(3)18-12-9-13-19(14-18)25-20(26)17-10-7-6-8-11-17;/h6-14,16H,4-5,15,23H2,1-3H3,(H,24,27)(H,25,26);1H. The molecule has 0 aliphatic rings. The number of carbonyl (C=O) groups excluding carboxylic acids is 2. The monoisotopic (exact) mass is 403 g/mol. The van der Waals surface area contributed by atoms with Crippen molar-refractivity contribution in [3.63, 3.8) is 0 Å². The first-order chi connectivity index (χ1) is 13.0. The summed E-state index contributed by atoms with van der Waals surface area (Å²) < 4.78 is 0. The third-order valence-corrected chi connectivity index (χ3v) is 5.25. The minimum absolute atomic E-state index is 0. The summed E-state index contributed by atoms with van der Waals surface area (Å²) in [5.74, 6) is -0.190. The van der Waals surface area contributed by atoms with Crippen LogP contribution in [-0.4, -0.2) is 18.4 Å². The van der Waals surface area contributed by atoms with Crippen LogP contribution in [-0.2, 0) is 4.79 Å². The van der Waals surface area contributed by atoms with Crippen LogP contribution in [0.15, 0.2) is 54.6 Å². The fraction of sp³-hybridized carbons (Fsp3) is 0.364. The van der Waals surface area contributed by atoms with Crippen molar-refractivity contribution in [2.45, 2.75) is 39.7 Å². The Balaban J connectivity index is 0.00000392. The largest absolute Gasteiger partial charge is 0.349 e. The molecular formula is C22H30ClN3O2. The van der Waals surface area contributed by atoms with Gasteiger partial charge in [0.05, 0.1) is 11.5 Å². The number of amides is 2. The van der Waals surface area contributed by atoms with Gasteiger partial charge < -0.3 is 16.4 Å². The minimum atomic E-state index is -0.534. The topological polar surface area (TPSA) is 84.2 Å². The normalized spacial score (nSPS) is 11.9. The van der Waals surface area contributed by atoms with Gasteiger partial charge in [0.15, 0.2) is 0 Å². The molecule has 0 heterocycles. The Hall–Kier alpha value is -2.37. The molecule has 0 saturated carbocycles. The molecule has 152 valence electrons. The van der Waals surface area contributed by atoms with Gasteiger partial charge in [-0.1, -0.05) is 44.2 Å². The van der Waals surface area contributed by atoms with Gasteiger partial charge in [-0.15, -0.1) is 12.4 Å². The third kappa shape index (κ3) is 5.57. The fourth-order valence-electron chi connectivity index (χ4n) is 3.06. The predicted octanol–water partition coefficient (Wildman–Crippen LogP) is 4.30. The first kappa shape index (κ1) is 23.7. The summed E-state index contributed by atoms with van der Waals surface area (Å²) in [6.07, 6.45) is 1.40. The Morgan fingerprint density at radius 2 is 1.68 bits per heavy atom. The number of nitrogens with one attached hydrogen (secondary N) is 2. The zero-order valence-corrected chi connectivity index (χ0v) is 17.5. The molecule has 0 aromatic heterocycles. The molecule has 2 aromatic rings. The Bertz CT molecular complexity index is 768. The number of hydrogen-bond donors (Lipinski definition) is 3. The van der Waals surface area contributed by atoms with Crippen LogP contribution in [0.25, 0.3) is 0 Å². The maximum absolute atomic E-state index is 12.7. The van der Waals surface area contributed by atoms with Crippen LogP contribution >= 0.6 is 12.4 Å². The van der Waals surface area contributed by atoms with Gasteiger partial charge in [0.2, 0.25) is 5.91 Å². The summed E-state index contributed by atoms with van der Waals surface area (Å²) in [5.41, 5.74) is 7.55. The molecule has 2 aromatic carbocycles. The molecule has 0 fully saturated rings. The van der Waals surface area contributed by atoms with Crippen LogP contribution in [0.4, 0.5) is 5.69 Å². The number of nitrogens with two attached hydrogens (primary N) is 1. The van der Waals surface area contributed by atoms with Gasteiger partial charge >= 0.3 is 0 Å². The Morgan fingerprint density at radius 3 is 2.25 bits per heavy atom. The summed E-state index contributed by atoms with van der Waals surface area (Å²) >= 11 is 0. The smallest absolute Gasteiger partial charge is 0.255 e. The number of rotatable bonds is 8. The van der Waals surface area contributed by atoms with Crippen molar-refractivity contribution in [1.82, 2.24) is 5.32 Å². The van der Waals surface area contributed by atoms with Crippen LogP contribution in [0.2, 0.25) is 0 Å². The lowest BCUT2D eigenvalue weighted by atomic mass is 9.81. The van der Waals surface area contributed by atoms with Crippen molar-refractivity contribution in [2.24, 2.45) is 11.1 Å². The lowest BCUT2D eigenvalue weighted by molar-refractivity contribution is -0.131. The molecule has 0 aliphatic carbocycles. The molecule has 0 radical (unpaired) electrons. The van der Waals surface area contributed by atoms with Crippen LogP contribution in [0.3, 0.4) is 0 Å².